The van der Waals surface area contributed by atoms with E-state index in [0.717, 1.165) is 11.1 Å². The minimum atomic E-state index is -0.569. The molecule has 0 unspecified atom stereocenters. The molecular formula is C27H20F2N2O2. The van der Waals surface area contributed by atoms with Gasteiger partial charge in [-0.15, -0.1) is 0 Å². The molecule has 0 saturated carbocycles. The molecule has 4 aromatic rings. The number of hydrogen-bond acceptors (Lipinski definition) is 2. The fraction of sp³-hybridized carbons (Fsp3) is 0.0370. The number of nitrogens with one attached hydrogen (secondary N) is 2. The molecule has 0 aliphatic carbocycles. The van der Waals surface area contributed by atoms with Crippen molar-refractivity contribution in [3.63, 3.8) is 0 Å². The van der Waals surface area contributed by atoms with Gasteiger partial charge in [0.15, 0.2) is 0 Å². The normalized spacial score (nSPS) is 10.5. The second-order valence-corrected chi connectivity index (χ2v) is 7.44. The lowest BCUT2D eigenvalue weighted by Gasteiger charge is -2.09. The molecule has 6 heteroatoms. The van der Waals surface area contributed by atoms with Crippen LogP contribution in [0.5, 0.6) is 0 Å². The maximum Gasteiger partial charge on any atom is 0.258 e. The molecule has 164 valence electrons. The number of hydrogen-bond donors (Lipinski definition) is 2. The Kier molecular flexibility index (Phi) is 6.55. The lowest BCUT2D eigenvalue weighted by Crippen LogP contribution is -2.13. The van der Waals surface area contributed by atoms with E-state index in [9.17, 15) is 18.4 Å². The van der Waals surface area contributed by atoms with Crippen LogP contribution in [0.4, 0.5) is 20.2 Å². The molecule has 0 saturated heterocycles. The third-order valence-electron chi connectivity index (χ3n) is 5.07. The molecule has 0 bridgehead atoms. The molecule has 0 spiro atoms. The van der Waals surface area contributed by atoms with Crippen LogP contribution in [0.25, 0.3) is 0 Å². The van der Waals surface area contributed by atoms with E-state index in [0.29, 0.717) is 17.8 Å². The predicted molar refractivity (Wildman–Crippen MR) is 124 cm³/mol. The van der Waals surface area contributed by atoms with Crippen molar-refractivity contribution in [2.45, 2.75) is 6.42 Å². The smallest absolute Gasteiger partial charge is 0.258 e. The fourth-order valence-electron chi connectivity index (χ4n) is 3.34. The summed E-state index contributed by atoms with van der Waals surface area (Å²) in [6, 6.07) is 26.2. The molecular weight excluding hydrogens is 422 g/mol. The van der Waals surface area contributed by atoms with Crippen molar-refractivity contribution >= 4 is 23.2 Å². The van der Waals surface area contributed by atoms with Gasteiger partial charge in [-0.05, 0) is 66.1 Å². The Morgan fingerprint density at radius 3 is 1.27 bits per heavy atom. The van der Waals surface area contributed by atoms with Gasteiger partial charge in [0.25, 0.3) is 11.8 Å². The van der Waals surface area contributed by atoms with Crippen LogP contribution in [-0.2, 0) is 6.42 Å². The van der Waals surface area contributed by atoms with Gasteiger partial charge in [-0.1, -0.05) is 48.5 Å². The Morgan fingerprint density at radius 2 is 0.909 bits per heavy atom. The number of rotatable bonds is 6. The van der Waals surface area contributed by atoms with E-state index in [-0.39, 0.29) is 11.1 Å². The Labute approximate surface area is 189 Å². The second-order valence-electron chi connectivity index (χ2n) is 7.44. The third kappa shape index (κ3) is 5.49. The first kappa shape index (κ1) is 21.9. The van der Waals surface area contributed by atoms with Gasteiger partial charge in [0.05, 0.1) is 11.1 Å². The largest absolute Gasteiger partial charge is 0.322 e. The van der Waals surface area contributed by atoms with Crippen LogP contribution < -0.4 is 10.6 Å². The summed E-state index contributed by atoms with van der Waals surface area (Å²) in [5.41, 5.74) is 3.15. The van der Waals surface area contributed by atoms with Crippen LogP contribution >= 0.6 is 0 Å². The van der Waals surface area contributed by atoms with Gasteiger partial charge in [-0.25, -0.2) is 8.78 Å². The monoisotopic (exact) mass is 442 g/mol. The summed E-state index contributed by atoms with van der Waals surface area (Å²) in [6.45, 7) is 0. The Hall–Kier alpha value is -4.32. The van der Waals surface area contributed by atoms with Crippen molar-refractivity contribution in [2.24, 2.45) is 0 Å². The first-order chi connectivity index (χ1) is 16.0. The van der Waals surface area contributed by atoms with Gasteiger partial charge in [-0.3, -0.25) is 9.59 Å². The Balaban J connectivity index is 1.35. The van der Waals surface area contributed by atoms with E-state index in [4.69, 9.17) is 0 Å². The van der Waals surface area contributed by atoms with E-state index >= 15 is 0 Å². The molecule has 0 aromatic heterocycles. The molecule has 2 amide bonds. The van der Waals surface area contributed by atoms with Gasteiger partial charge in [-0.2, -0.15) is 0 Å². The highest BCUT2D eigenvalue weighted by Crippen LogP contribution is 2.18. The van der Waals surface area contributed by atoms with E-state index < -0.39 is 23.4 Å². The molecule has 0 heterocycles. The first-order valence-corrected chi connectivity index (χ1v) is 10.3. The van der Waals surface area contributed by atoms with E-state index in [1.165, 1.54) is 36.4 Å². The Morgan fingerprint density at radius 1 is 0.545 bits per heavy atom. The quantitative estimate of drug-likeness (QED) is 0.381. The van der Waals surface area contributed by atoms with Crippen LogP contribution in [-0.4, -0.2) is 11.8 Å². The molecule has 4 aromatic carbocycles. The standard InChI is InChI=1S/C27H20F2N2O2/c28-24-7-3-1-5-22(24)26(32)30-20-13-9-18(10-14-20)17-19-11-15-21(16-12-19)31-27(33)23-6-2-4-8-25(23)29/h1-16H,17H2,(H,30,32)(H,31,33). The molecule has 4 rings (SSSR count). The van der Waals surface area contributed by atoms with Gasteiger partial charge in [0.1, 0.15) is 11.6 Å². The van der Waals surface area contributed by atoms with Gasteiger partial charge in [0.2, 0.25) is 0 Å². The van der Waals surface area contributed by atoms with Crippen LogP contribution in [0, 0.1) is 11.6 Å². The minimum absolute atomic E-state index is 0.0104. The maximum absolute atomic E-state index is 13.8. The number of carbonyl (C=O) groups excluding carboxylic acids is 2. The average Bonchev–Trinajstić information content (AvgIpc) is 2.82. The number of anilines is 2. The summed E-state index contributed by atoms with van der Waals surface area (Å²) >= 11 is 0. The molecule has 33 heavy (non-hydrogen) atoms. The van der Waals surface area contributed by atoms with Gasteiger partial charge in [0, 0.05) is 11.4 Å². The molecule has 0 aliphatic heterocycles. The maximum atomic E-state index is 13.8. The van der Waals surface area contributed by atoms with Crippen molar-refractivity contribution in [3.8, 4) is 0 Å². The second kappa shape index (κ2) is 9.87. The van der Waals surface area contributed by atoms with Crippen molar-refractivity contribution in [2.75, 3.05) is 10.6 Å². The average molecular weight is 442 g/mol. The van der Waals surface area contributed by atoms with Crippen molar-refractivity contribution in [1.82, 2.24) is 0 Å². The van der Waals surface area contributed by atoms with E-state index in [2.05, 4.69) is 10.6 Å². The molecule has 0 aliphatic rings. The number of benzene rings is 4. The summed E-state index contributed by atoms with van der Waals surface area (Å²) in [5.74, 6) is -2.15. The molecule has 0 atom stereocenters. The summed E-state index contributed by atoms with van der Waals surface area (Å²) in [5, 5.41) is 5.37. The summed E-state index contributed by atoms with van der Waals surface area (Å²) < 4.78 is 27.5. The number of carbonyl (C=O) groups is 2. The Bertz CT molecular complexity index is 1190. The molecule has 2 N–H and O–H groups in total. The lowest BCUT2D eigenvalue weighted by atomic mass is 10.0. The van der Waals surface area contributed by atoms with Crippen LogP contribution in [0.15, 0.2) is 97.1 Å². The zero-order chi connectivity index (χ0) is 23.2. The highest BCUT2D eigenvalue weighted by molar-refractivity contribution is 6.05. The van der Waals surface area contributed by atoms with Gasteiger partial charge < -0.3 is 10.6 Å². The van der Waals surface area contributed by atoms with E-state index in [1.807, 2.05) is 24.3 Å². The number of amides is 2. The first-order valence-electron chi connectivity index (χ1n) is 10.3. The van der Waals surface area contributed by atoms with Gasteiger partial charge >= 0.3 is 0 Å². The predicted octanol–water partition coefficient (Wildman–Crippen LogP) is 6.06. The summed E-state index contributed by atoms with van der Waals surface area (Å²) in [6.07, 6.45) is 0.642. The minimum Gasteiger partial charge on any atom is -0.322 e. The molecule has 4 nitrogen and oxygen atoms in total. The van der Waals surface area contributed by atoms with Crippen LogP contribution in [0.1, 0.15) is 31.8 Å². The number of halogens is 2. The summed E-state index contributed by atoms with van der Waals surface area (Å²) in [7, 11) is 0. The topological polar surface area (TPSA) is 58.2 Å². The van der Waals surface area contributed by atoms with Crippen molar-refractivity contribution < 1.29 is 18.4 Å². The van der Waals surface area contributed by atoms with Crippen LogP contribution in [0.2, 0.25) is 0 Å². The molecule has 0 radical (unpaired) electrons. The highest BCUT2D eigenvalue weighted by atomic mass is 19.1. The fourth-order valence-corrected chi connectivity index (χ4v) is 3.34. The highest BCUT2D eigenvalue weighted by Gasteiger charge is 2.12. The zero-order valence-corrected chi connectivity index (χ0v) is 17.5. The SMILES string of the molecule is O=C(Nc1ccc(Cc2ccc(NC(=O)c3ccccc3F)cc2)cc1)c1ccccc1F. The molecule has 0 fully saturated rings. The van der Waals surface area contributed by atoms with Crippen molar-refractivity contribution in [1.29, 1.82) is 0 Å². The van der Waals surface area contributed by atoms with Crippen molar-refractivity contribution in [3.05, 3.63) is 131 Å². The summed E-state index contributed by atoms with van der Waals surface area (Å²) in [4.78, 5) is 24.5. The zero-order valence-electron chi connectivity index (χ0n) is 17.5. The van der Waals surface area contributed by atoms with E-state index in [1.54, 1.807) is 36.4 Å². The van der Waals surface area contributed by atoms with Crippen LogP contribution in [0.3, 0.4) is 0 Å². The third-order valence-corrected chi connectivity index (χ3v) is 5.07. The lowest BCUT2D eigenvalue weighted by molar-refractivity contribution is 0.101.